The Morgan fingerprint density at radius 3 is 2.28 bits per heavy atom. The van der Waals surface area contributed by atoms with E-state index in [9.17, 15) is 19.2 Å². The third kappa shape index (κ3) is 2.40. The quantitative estimate of drug-likeness (QED) is 0.517. The van der Waals surface area contributed by atoms with Gasteiger partial charge in [0, 0.05) is 24.9 Å². The van der Waals surface area contributed by atoms with E-state index in [2.05, 4.69) is 0 Å². The molecule has 8 nitrogen and oxygen atoms in total. The van der Waals surface area contributed by atoms with Gasteiger partial charge in [-0.3, -0.25) is 14.5 Å². The molecule has 2 aromatic rings. The van der Waals surface area contributed by atoms with Crippen LogP contribution in [0.25, 0.3) is 0 Å². The van der Waals surface area contributed by atoms with Crippen molar-refractivity contribution in [1.82, 2.24) is 9.47 Å². The van der Waals surface area contributed by atoms with Crippen LogP contribution >= 0.6 is 11.8 Å². The highest BCUT2D eigenvalue weighted by Gasteiger charge is 2.72. The molecule has 166 valence electrons. The summed E-state index contributed by atoms with van der Waals surface area (Å²) in [5.41, 5.74) is 2.34. The second-order valence-electron chi connectivity index (χ2n) is 8.32. The van der Waals surface area contributed by atoms with Gasteiger partial charge in [-0.05, 0) is 12.5 Å². The van der Waals surface area contributed by atoms with Crippen LogP contribution in [-0.2, 0) is 30.4 Å². The van der Waals surface area contributed by atoms with Gasteiger partial charge in [-0.25, -0.2) is 9.59 Å². The Bertz CT molecular complexity index is 1190. The molecule has 9 heteroatoms. The Hall–Kier alpha value is -3.07. The summed E-state index contributed by atoms with van der Waals surface area (Å²) in [6, 6.07) is 9.71. The van der Waals surface area contributed by atoms with Gasteiger partial charge < -0.3 is 14.0 Å². The third-order valence-corrected chi connectivity index (χ3v) is 8.65. The van der Waals surface area contributed by atoms with Crippen molar-refractivity contribution in [2.75, 3.05) is 21.3 Å². The molecule has 0 N–H and O–H groups in total. The number of carbonyl (C=O) groups excluding carboxylic acids is 4. The number of hydrogen-bond donors (Lipinski definition) is 0. The maximum atomic E-state index is 13.3. The van der Waals surface area contributed by atoms with E-state index in [1.165, 1.54) is 37.9 Å². The summed E-state index contributed by atoms with van der Waals surface area (Å²) in [5, 5.41) is -0.448. The number of esters is 2. The molecule has 0 saturated carbocycles. The van der Waals surface area contributed by atoms with Crippen molar-refractivity contribution in [3.05, 3.63) is 58.4 Å². The summed E-state index contributed by atoms with van der Waals surface area (Å²) in [5.74, 6) is -2.99. The summed E-state index contributed by atoms with van der Waals surface area (Å²) in [4.78, 5) is 52.3. The zero-order valence-corrected chi connectivity index (χ0v) is 18.9. The Morgan fingerprint density at radius 1 is 1.03 bits per heavy atom. The highest BCUT2D eigenvalue weighted by atomic mass is 32.2. The SMILES string of the molecule is COC(=O)c1c(C(=O)OC)c2n(c1C)[C@@]1(Cc3ccccc3)S[C@@H]2[C@H]2C(=O)N(C)C(=O)[C@H]21. The molecule has 5 rings (SSSR count). The highest BCUT2D eigenvalue weighted by molar-refractivity contribution is 8.00. The van der Waals surface area contributed by atoms with E-state index in [4.69, 9.17) is 9.47 Å². The second kappa shape index (κ2) is 6.96. The number of ether oxygens (including phenoxy) is 2. The number of amides is 2. The number of likely N-dealkylation sites (tertiary alicyclic amines) is 1. The van der Waals surface area contributed by atoms with Crippen molar-refractivity contribution in [3.63, 3.8) is 0 Å². The summed E-state index contributed by atoms with van der Waals surface area (Å²) in [6.07, 6.45) is 0.465. The first-order chi connectivity index (χ1) is 15.3. The van der Waals surface area contributed by atoms with Crippen molar-refractivity contribution >= 4 is 35.5 Å². The lowest BCUT2D eigenvalue weighted by Crippen LogP contribution is -2.44. The molecular weight excluding hydrogens is 432 g/mol. The van der Waals surface area contributed by atoms with E-state index in [1.807, 2.05) is 34.9 Å². The number of imide groups is 1. The van der Waals surface area contributed by atoms with E-state index in [1.54, 1.807) is 6.92 Å². The molecule has 2 amide bonds. The number of nitrogens with zero attached hydrogens (tertiary/aromatic N) is 2. The van der Waals surface area contributed by atoms with Gasteiger partial charge in [0.25, 0.3) is 0 Å². The largest absolute Gasteiger partial charge is 0.465 e. The van der Waals surface area contributed by atoms with Gasteiger partial charge in [-0.15, -0.1) is 11.8 Å². The molecule has 3 aliphatic rings. The lowest BCUT2D eigenvalue weighted by molar-refractivity contribution is -0.138. The maximum Gasteiger partial charge on any atom is 0.340 e. The molecule has 0 aliphatic carbocycles. The van der Waals surface area contributed by atoms with Crippen molar-refractivity contribution in [3.8, 4) is 0 Å². The van der Waals surface area contributed by atoms with Gasteiger partial charge in [0.05, 0.1) is 42.4 Å². The number of benzene rings is 1. The molecule has 32 heavy (non-hydrogen) atoms. The first kappa shape index (κ1) is 20.8. The number of rotatable bonds is 4. The van der Waals surface area contributed by atoms with Crippen molar-refractivity contribution in [1.29, 1.82) is 0 Å². The van der Waals surface area contributed by atoms with Gasteiger partial charge in [-0.2, -0.15) is 0 Å². The summed E-state index contributed by atoms with van der Waals surface area (Å²) < 4.78 is 11.9. The average Bonchev–Trinajstić information content (AvgIpc) is 3.47. The normalized spacial score (nSPS) is 27.5. The van der Waals surface area contributed by atoms with E-state index in [-0.39, 0.29) is 22.9 Å². The van der Waals surface area contributed by atoms with E-state index in [0.29, 0.717) is 17.8 Å². The summed E-state index contributed by atoms with van der Waals surface area (Å²) >= 11 is 1.53. The smallest absolute Gasteiger partial charge is 0.340 e. The van der Waals surface area contributed by atoms with Crippen LogP contribution in [0.4, 0.5) is 0 Å². The fourth-order valence-electron chi connectivity index (χ4n) is 5.65. The van der Waals surface area contributed by atoms with Crippen LogP contribution in [0, 0.1) is 18.8 Å². The molecule has 1 aromatic carbocycles. The number of fused-ring (bicyclic) bond motifs is 8. The van der Waals surface area contributed by atoms with Crippen LogP contribution < -0.4 is 0 Å². The van der Waals surface area contributed by atoms with Gasteiger partial charge in [-0.1, -0.05) is 30.3 Å². The monoisotopic (exact) mass is 454 g/mol. The topological polar surface area (TPSA) is 94.9 Å². The zero-order chi connectivity index (χ0) is 22.9. The lowest BCUT2D eigenvalue weighted by atomic mass is 9.78. The Labute approximate surface area is 188 Å². The third-order valence-electron chi connectivity index (χ3n) is 6.89. The van der Waals surface area contributed by atoms with Gasteiger partial charge in [0.1, 0.15) is 4.87 Å². The predicted octanol–water partition coefficient (Wildman–Crippen LogP) is 2.30. The minimum atomic E-state index is -0.845. The van der Waals surface area contributed by atoms with E-state index >= 15 is 0 Å². The lowest BCUT2D eigenvalue weighted by Gasteiger charge is -2.36. The Morgan fingerprint density at radius 2 is 1.66 bits per heavy atom. The number of methoxy groups -OCH3 is 2. The van der Waals surface area contributed by atoms with Crippen LogP contribution in [0.2, 0.25) is 0 Å². The molecule has 0 unspecified atom stereocenters. The fraction of sp³-hybridized carbons (Fsp3) is 0.391. The minimum Gasteiger partial charge on any atom is -0.465 e. The molecule has 0 radical (unpaired) electrons. The number of aromatic nitrogens is 1. The van der Waals surface area contributed by atoms with Crippen molar-refractivity contribution in [2.45, 2.75) is 23.5 Å². The molecule has 4 atom stereocenters. The summed E-state index contributed by atoms with van der Waals surface area (Å²) in [6.45, 7) is 1.75. The van der Waals surface area contributed by atoms with Gasteiger partial charge in [0.15, 0.2) is 0 Å². The van der Waals surface area contributed by atoms with Crippen LogP contribution in [0.1, 0.15) is 42.9 Å². The molecule has 4 heterocycles. The number of hydrogen-bond acceptors (Lipinski definition) is 7. The number of thioether (sulfide) groups is 1. The van der Waals surface area contributed by atoms with Crippen LogP contribution in [-0.4, -0.2) is 54.5 Å². The van der Waals surface area contributed by atoms with Crippen molar-refractivity contribution < 1.29 is 28.7 Å². The minimum absolute atomic E-state index is 0.123. The first-order valence-electron chi connectivity index (χ1n) is 10.2. The van der Waals surface area contributed by atoms with Crippen molar-refractivity contribution in [2.24, 2.45) is 11.8 Å². The second-order valence-corrected chi connectivity index (χ2v) is 9.77. The van der Waals surface area contributed by atoms with E-state index in [0.717, 1.165) is 5.56 Å². The number of carbonyl (C=O) groups is 4. The van der Waals surface area contributed by atoms with E-state index < -0.39 is 33.9 Å². The van der Waals surface area contributed by atoms with Crippen LogP contribution in [0.15, 0.2) is 30.3 Å². The molecule has 2 bridgehead atoms. The Kier molecular flexibility index (Phi) is 4.53. The maximum absolute atomic E-state index is 13.3. The zero-order valence-electron chi connectivity index (χ0n) is 18.1. The molecule has 1 aromatic heterocycles. The molecule has 0 spiro atoms. The standard InChI is InChI=1S/C23H22N2O6S/c1-11-13(21(28)30-3)14(22(29)31-4)17-18-15-16(20(27)24(2)19(15)26)23(32-18,25(11)17)10-12-8-6-5-7-9-12/h5-9,15-16,18H,10H2,1-4H3/t15-,16-,18+,23-/m0/s1. The van der Waals surface area contributed by atoms with Crippen LogP contribution in [0.3, 0.4) is 0 Å². The first-order valence-corrected chi connectivity index (χ1v) is 11.1. The van der Waals surface area contributed by atoms with Gasteiger partial charge in [0.2, 0.25) is 11.8 Å². The molecule has 2 fully saturated rings. The molecular formula is C23H22N2O6S. The average molecular weight is 455 g/mol. The Balaban J connectivity index is 1.82. The van der Waals surface area contributed by atoms with Crippen LogP contribution in [0.5, 0.6) is 0 Å². The fourth-order valence-corrected chi connectivity index (χ4v) is 7.83. The predicted molar refractivity (Wildman–Crippen MR) is 115 cm³/mol. The molecule has 2 saturated heterocycles. The highest BCUT2D eigenvalue weighted by Crippen LogP contribution is 2.71. The summed E-state index contributed by atoms with van der Waals surface area (Å²) in [7, 11) is 4.02. The molecule has 3 aliphatic heterocycles. The van der Waals surface area contributed by atoms with Gasteiger partial charge >= 0.3 is 11.9 Å².